The van der Waals surface area contributed by atoms with E-state index in [0.29, 0.717) is 53.9 Å². The molecule has 0 atom stereocenters. The van der Waals surface area contributed by atoms with Gasteiger partial charge < -0.3 is 55.3 Å². The van der Waals surface area contributed by atoms with Gasteiger partial charge in [-0.15, -0.1) is 17.3 Å². The third-order valence-electron chi connectivity index (χ3n) is 11.4. The molecule has 0 aromatic heterocycles. The highest BCUT2D eigenvalue weighted by molar-refractivity contribution is 6.20. The average molecular weight is 1400 g/mol. The number of aliphatic hydroxyl groups excluding tert-OH is 1. The number of carbonyl (C=O) groups excluding carboxylic acids is 6. The summed E-state index contributed by atoms with van der Waals surface area (Å²) >= 11 is 5.23. The second-order valence-electron chi connectivity index (χ2n) is 27.8. The van der Waals surface area contributed by atoms with Crippen molar-refractivity contribution < 1.29 is 68.1 Å². The largest absolute Gasteiger partial charge is 0.466 e. The summed E-state index contributed by atoms with van der Waals surface area (Å²) < 4.78 is 15.2. The van der Waals surface area contributed by atoms with E-state index < -0.39 is 55.9 Å². The van der Waals surface area contributed by atoms with Crippen molar-refractivity contribution in [3.05, 3.63) is 116 Å². The van der Waals surface area contributed by atoms with Crippen molar-refractivity contribution in [2.75, 3.05) is 87.0 Å². The van der Waals surface area contributed by atoms with Crippen LogP contribution in [0.2, 0.25) is 0 Å². The Kier molecular flexibility index (Phi) is 62.6. The topological polar surface area (TPSA) is 325 Å². The average Bonchev–Trinajstić information content (AvgIpc) is 0.971. The Morgan fingerprint density at radius 2 is 1.02 bits per heavy atom. The van der Waals surface area contributed by atoms with E-state index in [2.05, 4.69) is 106 Å². The van der Waals surface area contributed by atoms with Crippen LogP contribution in [0, 0.1) is 43.9 Å². The van der Waals surface area contributed by atoms with Crippen LogP contribution in [0.15, 0.2) is 84.8 Å². The Hall–Kier alpha value is -6.53. The lowest BCUT2D eigenvalue weighted by Crippen LogP contribution is -2.41. The van der Waals surface area contributed by atoms with Crippen molar-refractivity contribution in [1.29, 1.82) is 0 Å². The number of ketones is 2. The molecule has 0 aliphatic carbocycles. The number of nitrogens with one attached hydrogen (secondary N) is 1. The number of aliphatic hydroxyl groups is 3. The van der Waals surface area contributed by atoms with Crippen molar-refractivity contribution in [2.45, 2.75) is 206 Å². The SMILES string of the molecule is C=C=C.CC(=O)/C(=C\c1cccc([N+](=O)[O-])c1)C(=O)OC(C)(C)CN(C)CCC(C)C.CC(=O)CC(=O)OC(C)(C)CN(C)CCC(C)C.CC(C)(O)CCl.CC(C)CCN(C)CC(C)(C)O.CC(C)O.CNCCC(C)C.COC(=O)/C=C(\C)N.O=Cc1cccc([N+](=O)[O-])c1. The first-order valence-corrected chi connectivity index (χ1v) is 33.1. The van der Waals surface area contributed by atoms with Crippen LogP contribution in [-0.2, 0) is 38.2 Å². The molecule has 0 amide bonds. The third-order valence-corrected chi connectivity index (χ3v) is 12.1. The molecule has 23 nitrogen and oxygen atoms in total. The third kappa shape index (κ3) is 80.1. The van der Waals surface area contributed by atoms with E-state index in [0.717, 1.165) is 57.4 Å². The summed E-state index contributed by atoms with van der Waals surface area (Å²) in [5, 5.41) is 50.4. The molecule has 0 aliphatic heterocycles. The zero-order valence-corrected chi connectivity index (χ0v) is 64.9. The Balaban J connectivity index is -0.000000204. The van der Waals surface area contributed by atoms with Crippen LogP contribution in [0.4, 0.5) is 11.4 Å². The lowest BCUT2D eigenvalue weighted by atomic mass is 10.1. The summed E-state index contributed by atoms with van der Waals surface area (Å²) in [7, 11) is 9.33. The molecule has 24 heteroatoms. The van der Waals surface area contributed by atoms with E-state index in [4.69, 9.17) is 37.0 Å². The molecule has 0 saturated heterocycles. The van der Waals surface area contributed by atoms with Crippen LogP contribution in [0.25, 0.3) is 6.08 Å². The van der Waals surface area contributed by atoms with Crippen LogP contribution in [-0.4, -0.2) is 191 Å². The fraction of sp³-hybridized carbons (Fsp3) is 0.658. The number of carbonyl (C=O) groups is 6. The van der Waals surface area contributed by atoms with Gasteiger partial charge in [-0.3, -0.25) is 39.4 Å². The highest BCUT2D eigenvalue weighted by atomic mass is 35.5. The van der Waals surface area contributed by atoms with E-state index >= 15 is 0 Å². The van der Waals surface area contributed by atoms with E-state index in [-0.39, 0.29) is 35.3 Å². The number of non-ortho nitro benzene ring substituents is 2. The number of rotatable bonds is 30. The number of hydrogen-bond donors (Lipinski definition) is 5. The first-order valence-electron chi connectivity index (χ1n) is 32.5. The predicted molar refractivity (Wildman–Crippen MR) is 396 cm³/mol. The number of nitrogens with two attached hydrogens (primary N) is 1. The number of methoxy groups -OCH3 is 1. The Morgan fingerprint density at radius 3 is 1.29 bits per heavy atom. The van der Waals surface area contributed by atoms with Crippen LogP contribution in [0.3, 0.4) is 0 Å². The fourth-order valence-corrected chi connectivity index (χ4v) is 7.14. The van der Waals surface area contributed by atoms with Gasteiger partial charge in [0, 0.05) is 67.3 Å². The lowest BCUT2D eigenvalue weighted by Gasteiger charge is -2.30. The highest BCUT2D eigenvalue weighted by Gasteiger charge is 2.29. The number of aldehydes is 1. The van der Waals surface area contributed by atoms with Gasteiger partial charge in [0.15, 0.2) is 5.78 Å². The number of nitro benzene ring substituents is 2. The fourth-order valence-electron chi connectivity index (χ4n) is 7.14. The van der Waals surface area contributed by atoms with Crippen molar-refractivity contribution in [2.24, 2.45) is 29.4 Å². The van der Waals surface area contributed by atoms with Gasteiger partial charge in [0.1, 0.15) is 35.3 Å². The minimum Gasteiger partial charge on any atom is -0.466 e. The quantitative estimate of drug-likeness (QED) is 0.00463. The molecule has 0 bridgehead atoms. The zero-order valence-electron chi connectivity index (χ0n) is 64.2. The minimum atomic E-state index is -0.792. The molecule has 97 heavy (non-hydrogen) atoms. The number of likely N-dealkylation sites (N-methyl/N-ethyl adjacent to an activating group) is 3. The van der Waals surface area contributed by atoms with Crippen LogP contribution < -0.4 is 11.1 Å². The van der Waals surface area contributed by atoms with Gasteiger partial charge in [0.05, 0.1) is 34.0 Å². The standard InChI is InChI=1S/C21H30N2O5.C14H27NO3.C10H23NO.C7H5NO3.C6H15N.C5H9NO2.C4H9ClO.C3H8O.C3H4/c1-15(2)10-11-22(6)14-21(4,5)28-20(25)19(16(3)24)13-17-8-7-9-18(12-17)23(26)27;1-11(2)7-8-15(6)10-14(4,5)18-13(17)9-12(3)16;1-9(2)6-7-11(5)8-10(3,4)12;9-5-6-2-1-3-7(4-6)8(10)11;1-6(2)4-5-7-3;1-4(6)3-5(7)8-2;1-4(2,6)3-5;1-3(2)4;1-3-2/h7-9,12-13,15H,10-11,14H2,1-6H3;11H,7-10H2,1-6H3;9,12H,6-8H2,1-5H3;1-5H;6-7H,4-5H2,1-3H3;3H,6H2,1-2H3;6H,3H2,1-2H3;3-4H,1-2H3;1-2H2/b19-13+;;;;;4-3+;;;. The summed E-state index contributed by atoms with van der Waals surface area (Å²) in [6, 6.07) is 11.3. The highest BCUT2D eigenvalue weighted by Crippen LogP contribution is 2.21. The van der Waals surface area contributed by atoms with Gasteiger partial charge in [-0.05, 0) is 205 Å². The maximum Gasteiger partial charge on any atom is 0.342 e. The van der Waals surface area contributed by atoms with Crippen molar-refractivity contribution in [3.63, 3.8) is 0 Å². The number of halogens is 1. The van der Waals surface area contributed by atoms with Gasteiger partial charge in [-0.25, -0.2) is 9.59 Å². The van der Waals surface area contributed by atoms with Gasteiger partial charge in [-0.1, -0.05) is 92.8 Å². The van der Waals surface area contributed by atoms with Crippen LogP contribution >= 0.6 is 11.6 Å². The second kappa shape index (κ2) is 58.4. The van der Waals surface area contributed by atoms with Gasteiger partial charge in [0.25, 0.3) is 11.4 Å². The second-order valence-corrected chi connectivity index (χ2v) is 28.0. The van der Waals surface area contributed by atoms with Crippen molar-refractivity contribution >= 4 is 64.8 Å². The van der Waals surface area contributed by atoms with Crippen LogP contribution in [0.5, 0.6) is 0 Å². The number of benzene rings is 2. The summed E-state index contributed by atoms with van der Waals surface area (Å²) in [5.41, 5.74) is 5.62. The predicted octanol–water partition coefficient (Wildman–Crippen LogP) is 12.9. The molecule has 560 valence electrons. The van der Waals surface area contributed by atoms with Gasteiger partial charge >= 0.3 is 17.9 Å². The molecule has 0 fully saturated rings. The van der Waals surface area contributed by atoms with E-state index in [1.165, 1.54) is 88.4 Å². The molecule has 0 radical (unpaired) electrons. The summed E-state index contributed by atoms with van der Waals surface area (Å²) in [5.74, 6) is 0.917. The van der Waals surface area contributed by atoms with E-state index in [1.54, 1.807) is 54.5 Å². The molecule has 0 spiro atoms. The molecule has 0 unspecified atom stereocenters. The molecule has 0 heterocycles. The minimum absolute atomic E-state index is 0.0606. The van der Waals surface area contributed by atoms with E-state index in [1.807, 2.05) is 48.8 Å². The smallest absolute Gasteiger partial charge is 0.342 e. The molecular formula is C73H130ClN7O16. The van der Waals surface area contributed by atoms with Gasteiger partial charge in [-0.2, -0.15) is 0 Å². The summed E-state index contributed by atoms with van der Waals surface area (Å²) in [4.78, 5) is 93.7. The normalized spacial score (nSPS) is 11.3. The molecule has 0 aliphatic rings. The number of Topliss-reactive ketones (excluding diaryl/α,β-unsaturated/α-hetero) is 2. The van der Waals surface area contributed by atoms with Crippen molar-refractivity contribution in [3.8, 4) is 0 Å². The molecule has 6 N–H and O–H groups in total. The van der Waals surface area contributed by atoms with Crippen molar-refractivity contribution in [1.82, 2.24) is 20.0 Å². The number of allylic oxidation sites excluding steroid dienone is 1. The molecule has 2 aromatic rings. The molecular weight excluding hydrogens is 1270 g/mol. The van der Waals surface area contributed by atoms with Gasteiger partial charge in [0.2, 0.25) is 0 Å². The Bertz CT molecular complexity index is 2590. The Morgan fingerprint density at radius 1 is 0.670 bits per heavy atom. The Labute approximate surface area is 589 Å². The monoisotopic (exact) mass is 1400 g/mol. The first kappa shape index (κ1) is 104. The summed E-state index contributed by atoms with van der Waals surface area (Å²) in [6.45, 7) is 51.9. The number of nitro groups is 2. The van der Waals surface area contributed by atoms with Crippen LogP contribution in [0.1, 0.15) is 193 Å². The maximum absolute atomic E-state index is 12.6. The number of ether oxygens (including phenoxy) is 3. The molecule has 2 aromatic carbocycles. The number of nitrogens with zero attached hydrogens (tertiary/aromatic N) is 5. The first-order chi connectivity index (χ1) is 44.2. The van der Waals surface area contributed by atoms with E-state index in [9.17, 15) is 54.1 Å². The zero-order chi connectivity index (χ0) is 77.6. The summed E-state index contributed by atoms with van der Waals surface area (Å²) in [6.07, 6.45) is 7.46. The number of alkyl halides is 1. The number of esters is 3. The maximum atomic E-state index is 12.6. The number of hydrogen-bond acceptors (Lipinski definition) is 21. The lowest BCUT2D eigenvalue weighted by molar-refractivity contribution is -0.385. The molecule has 2 rings (SSSR count). The molecule has 0 saturated carbocycles.